The smallest absolute Gasteiger partial charge is 0.281 e. The van der Waals surface area contributed by atoms with Crippen molar-refractivity contribution in [1.29, 1.82) is 0 Å². The monoisotopic (exact) mass is 287 g/mol. The lowest BCUT2D eigenvalue weighted by Gasteiger charge is -2.08. The number of Topliss-reactive ketones (excluding diaryl/α,β-unsaturated/α-hetero) is 1. The molecule has 0 heterocycles. The third-order valence-corrected chi connectivity index (χ3v) is 2.72. The number of hydrogen-bond donors (Lipinski definition) is 0. The number of nitrogens with zero attached hydrogens (tertiary/aromatic N) is 1. The number of carbonyl (C=O) groups excluding carboxylic acids is 1. The maximum Gasteiger partial charge on any atom is 0.281 e. The highest BCUT2D eigenvalue weighted by atomic mass is 79.9. The normalized spacial score (nSPS) is 9.94. The molecule has 0 aliphatic carbocycles. The minimum Gasteiger partial charge on any atom is -0.493 e. The summed E-state index contributed by atoms with van der Waals surface area (Å²) in [6.07, 6.45) is 0. The van der Waals surface area contributed by atoms with Crippen molar-refractivity contribution in [2.45, 2.75) is 13.8 Å². The molecule has 0 aliphatic heterocycles. The van der Waals surface area contributed by atoms with E-state index in [-0.39, 0.29) is 17.0 Å². The highest BCUT2D eigenvalue weighted by Gasteiger charge is 2.23. The second-order valence-electron chi connectivity index (χ2n) is 3.02. The van der Waals surface area contributed by atoms with Gasteiger partial charge in [0.15, 0.2) is 5.78 Å². The van der Waals surface area contributed by atoms with Gasteiger partial charge in [0.2, 0.25) is 0 Å². The van der Waals surface area contributed by atoms with Crippen molar-refractivity contribution in [2.24, 2.45) is 0 Å². The van der Waals surface area contributed by atoms with Gasteiger partial charge >= 0.3 is 0 Å². The number of nitro groups is 1. The summed E-state index contributed by atoms with van der Waals surface area (Å²) in [7, 11) is 0. The van der Waals surface area contributed by atoms with Gasteiger partial charge in [0.25, 0.3) is 5.69 Å². The van der Waals surface area contributed by atoms with E-state index < -0.39 is 4.92 Å². The molecule has 0 aliphatic rings. The second-order valence-corrected chi connectivity index (χ2v) is 3.81. The van der Waals surface area contributed by atoms with Crippen molar-refractivity contribution in [3.05, 3.63) is 32.3 Å². The molecule has 0 saturated heterocycles. The third-order valence-electron chi connectivity index (χ3n) is 1.93. The molecular weight excluding hydrogens is 278 g/mol. The zero-order valence-corrected chi connectivity index (χ0v) is 10.4. The standard InChI is InChI=1S/C10H10BrNO4/c1-3-16-8-5-4-7(12(14)15)9(6(2)13)10(8)11/h4-5H,3H2,1-2H3. The van der Waals surface area contributed by atoms with Gasteiger partial charge in [-0.1, -0.05) is 0 Å². The van der Waals surface area contributed by atoms with Crippen molar-refractivity contribution in [1.82, 2.24) is 0 Å². The fraction of sp³-hybridized carbons (Fsp3) is 0.300. The van der Waals surface area contributed by atoms with Crippen LogP contribution >= 0.6 is 15.9 Å². The van der Waals surface area contributed by atoms with E-state index in [4.69, 9.17) is 4.74 Å². The summed E-state index contributed by atoms with van der Waals surface area (Å²) in [5.74, 6) is 0.0541. The Bertz CT molecular complexity index is 445. The molecule has 1 aromatic rings. The third kappa shape index (κ3) is 2.38. The average molecular weight is 288 g/mol. The summed E-state index contributed by atoms with van der Waals surface area (Å²) in [5, 5.41) is 10.7. The van der Waals surface area contributed by atoms with Crippen LogP contribution in [0.25, 0.3) is 0 Å². The highest BCUT2D eigenvalue weighted by Crippen LogP contribution is 2.35. The van der Waals surface area contributed by atoms with E-state index in [1.165, 1.54) is 19.1 Å². The van der Waals surface area contributed by atoms with Gasteiger partial charge in [-0.25, -0.2) is 0 Å². The van der Waals surface area contributed by atoms with Gasteiger partial charge in [-0.3, -0.25) is 14.9 Å². The van der Waals surface area contributed by atoms with Gasteiger partial charge < -0.3 is 4.74 Å². The topological polar surface area (TPSA) is 69.4 Å². The molecule has 1 aromatic carbocycles. The van der Waals surface area contributed by atoms with E-state index in [9.17, 15) is 14.9 Å². The lowest BCUT2D eigenvalue weighted by molar-refractivity contribution is -0.385. The van der Waals surface area contributed by atoms with Crippen molar-refractivity contribution in [3.63, 3.8) is 0 Å². The zero-order chi connectivity index (χ0) is 12.3. The van der Waals surface area contributed by atoms with Crippen LogP contribution < -0.4 is 4.74 Å². The van der Waals surface area contributed by atoms with Crippen molar-refractivity contribution < 1.29 is 14.5 Å². The number of ether oxygens (including phenoxy) is 1. The Morgan fingerprint density at radius 2 is 2.19 bits per heavy atom. The molecule has 0 aromatic heterocycles. The molecule has 0 amide bonds. The summed E-state index contributed by atoms with van der Waals surface area (Å²) in [6.45, 7) is 3.50. The Kier molecular flexibility index (Phi) is 4.00. The largest absolute Gasteiger partial charge is 0.493 e. The van der Waals surface area contributed by atoms with Crippen LogP contribution in [-0.2, 0) is 0 Å². The lowest BCUT2D eigenvalue weighted by atomic mass is 10.1. The molecule has 0 unspecified atom stereocenters. The number of halogens is 1. The molecule has 0 bridgehead atoms. The van der Waals surface area contributed by atoms with Crippen LogP contribution in [-0.4, -0.2) is 17.3 Å². The van der Waals surface area contributed by atoms with E-state index >= 15 is 0 Å². The summed E-state index contributed by atoms with van der Waals surface area (Å²) in [6, 6.07) is 2.74. The van der Waals surface area contributed by atoms with Crippen molar-refractivity contribution in [3.8, 4) is 5.75 Å². The fourth-order valence-corrected chi connectivity index (χ4v) is 2.03. The summed E-state index contributed by atoms with van der Waals surface area (Å²) < 4.78 is 5.57. The SMILES string of the molecule is CCOc1ccc([N+](=O)[O-])c(C(C)=O)c1Br. The molecule has 16 heavy (non-hydrogen) atoms. The van der Waals surface area contributed by atoms with Crippen molar-refractivity contribution in [2.75, 3.05) is 6.61 Å². The maximum atomic E-state index is 11.4. The number of hydrogen-bond acceptors (Lipinski definition) is 4. The Labute approximate surface area is 101 Å². The Morgan fingerprint density at radius 1 is 1.56 bits per heavy atom. The first-order chi connectivity index (χ1) is 7.49. The number of benzene rings is 1. The molecule has 5 nitrogen and oxygen atoms in total. The predicted molar refractivity (Wildman–Crippen MR) is 62.0 cm³/mol. The number of carbonyl (C=O) groups is 1. The summed E-state index contributed by atoms with van der Waals surface area (Å²) in [4.78, 5) is 21.5. The van der Waals surface area contributed by atoms with Crippen LogP contribution in [0, 0.1) is 10.1 Å². The highest BCUT2D eigenvalue weighted by molar-refractivity contribution is 9.10. The Morgan fingerprint density at radius 3 is 2.62 bits per heavy atom. The van der Waals surface area contributed by atoms with Gasteiger partial charge in [0.1, 0.15) is 11.3 Å². The van der Waals surface area contributed by atoms with Gasteiger partial charge in [-0.05, 0) is 35.8 Å². The summed E-state index contributed by atoms with van der Waals surface area (Å²) in [5.41, 5.74) is -0.182. The van der Waals surface area contributed by atoms with E-state index in [0.29, 0.717) is 16.8 Å². The maximum absolute atomic E-state index is 11.4. The molecule has 0 radical (unpaired) electrons. The van der Waals surface area contributed by atoms with Crippen LogP contribution in [0.15, 0.2) is 16.6 Å². The van der Waals surface area contributed by atoms with Gasteiger partial charge in [-0.15, -0.1) is 0 Å². The number of ketones is 1. The fourth-order valence-electron chi connectivity index (χ4n) is 1.30. The minimum absolute atomic E-state index is 0.0379. The Hall–Kier alpha value is -1.43. The Balaban J connectivity index is 3.41. The quantitative estimate of drug-likeness (QED) is 0.485. The molecule has 0 saturated carbocycles. The average Bonchev–Trinajstić information content (AvgIpc) is 2.20. The van der Waals surface area contributed by atoms with Crippen LogP contribution in [0.4, 0.5) is 5.69 Å². The van der Waals surface area contributed by atoms with Crippen LogP contribution in [0.5, 0.6) is 5.75 Å². The number of nitro benzene ring substituents is 1. The molecule has 6 heteroatoms. The zero-order valence-electron chi connectivity index (χ0n) is 8.82. The van der Waals surface area contributed by atoms with Crippen LogP contribution in [0.3, 0.4) is 0 Å². The first-order valence-corrected chi connectivity index (χ1v) is 5.39. The first kappa shape index (κ1) is 12.6. The van der Waals surface area contributed by atoms with Gasteiger partial charge in [0, 0.05) is 6.07 Å². The van der Waals surface area contributed by atoms with E-state index in [0.717, 1.165) is 0 Å². The predicted octanol–water partition coefficient (Wildman–Crippen LogP) is 2.96. The molecular formula is C10H10BrNO4. The lowest BCUT2D eigenvalue weighted by Crippen LogP contribution is -2.03. The summed E-state index contributed by atoms with van der Waals surface area (Å²) >= 11 is 3.15. The van der Waals surface area contributed by atoms with Crippen molar-refractivity contribution >= 4 is 27.4 Å². The van der Waals surface area contributed by atoms with Gasteiger partial charge in [0.05, 0.1) is 16.0 Å². The van der Waals surface area contributed by atoms with E-state index in [1.54, 1.807) is 6.92 Å². The van der Waals surface area contributed by atoms with E-state index in [1.807, 2.05) is 0 Å². The number of rotatable bonds is 4. The molecule has 86 valence electrons. The molecule has 0 atom stereocenters. The van der Waals surface area contributed by atoms with E-state index in [2.05, 4.69) is 15.9 Å². The second kappa shape index (κ2) is 5.07. The minimum atomic E-state index is -0.586. The van der Waals surface area contributed by atoms with Crippen LogP contribution in [0.2, 0.25) is 0 Å². The van der Waals surface area contributed by atoms with Crippen LogP contribution in [0.1, 0.15) is 24.2 Å². The molecule has 0 fully saturated rings. The van der Waals surface area contributed by atoms with Gasteiger partial charge in [-0.2, -0.15) is 0 Å². The molecule has 0 spiro atoms. The molecule has 1 rings (SSSR count). The molecule has 0 N–H and O–H groups in total. The first-order valence-electron chi connectivity index (χ1n) is 4.59.